The minimum absolute atomic E-state index is 0.0419. The van der Waals surface area contributed by atoms with Gasteiger partial charge in [0.25, 0.3) is 5.91 Å². The molecule has 0 saturated heterocycles. The monoisotopic (exact) mass is 490 g/mol. The van der Waals surface area contributed by atoms with E-state index in [4.69, 9.17) is 10.4 Å². The molecule has 4 aromatic rings. The minimum atomic E-state index is -0.479. The van der Waals surface area contributed by atoms with Gasteiger partial charge < -0.3 is 5.73 Å². The van der Waals surface area contributed by atoms with E-state index in [0.29, 0.717) is 23.1 Å². The van der Waals surface area contributed by atoms with Gasteiger partial charge in [-0.1, -0.05) is 68.1 Å². The lowest BCUT2D eigenvalue weighted by Crippen LogP contribution is -2.36. The highest BCUT2D eigenvalue weighted by molar-refractivity contribution is 7.98. The first-order valence-corrected chi connectivity index (χ1v) is 12.0. The Labute approximate surface area is 206 Å². The number of thioether (sulfide) groups is 1. The molecule has 0 unspecified atom stereocenters. The Hall–Kier alpha value is -4.12. The molecule has 0 aliphatic rings. The Bertz CT molecular complexity index is 1300. The molecule has 0 atom stereocenters. The molecule has 0 saturated carbocycles. The maximum Gasteiger partial charge on any atom is 0.292 e. The molecule has 35 heavy (non-hydrogen) atoms. The number of aromatic nitrogens is 5. The van der Waals surface area contributed by atoms with E-state index in [0.717, 1.165) is 16.9 Å². The zero-order valence-electron chi connectivity index (χ0n) is 19.4. The largest absolute Gasteiger partial charge is 0.378 e. The maximum absolute atomic E-state index is 13.0. The van der Waals surface area contributed by atoms with Gasteiger partial charge in [0.1, 0.15) is 0 Å². The van der Waals surface area contributed by atoms with Gasteiger partial charge in [-0.25, -0.2) is 4.63 Å². The molecule has 4 N–H and O–H groups in total. The number of carbonyl (C=O) groups excluding carboxylic acids is 1. The predicted molar refractivity (Wildman–Crippen MR) is 134 cm³/mol. The van der Waals surface area contributed by atoms with Gasteiger partial charge in [0.05, 0.1) is 11.4 Å². The van der Waals surface area contributed by atoms with Crippen molar-refractivity contribution >= 4 is 29.2 Å². The van der Waals surface area contributed by atoms with Gasteiger partial charge in [-0.2, -0.15) is 4.68 Å². The van der Waals surface area contributed by atoms with E-state index in [9.17, 15) is 4.79 Å². The van der Waals surface area contributed by atoms with Crippen LogP contribution in [0.1, 0.15) is 41.2 Å². The second kappa shape index (κ2) is 10.9. The van der Waals surface area contributed by atoms with Crippen LogP contribution in [0.15, 0.2) is 70.7 Å². The number of amides is 1. The molecule has 0 fully saturated rings. The Morgan fingerprint density at radius 2 is 1.86 bits per heavy atom. The zero-order valence-corrected chi connectivity index (χ0v) is 20.2. The first-order chi connectivity index (χ1) is 16.9. The third-order valence-corrected chi connectivity index (χ3v) is 6.09. The fourth-order valence-electron chi connectivity index (χ4n) is 3.36. The summed E-state index contributed by atoms with van der Waals surface area (Å²) in [5, 5.41) is 15.5. The molecule has 10 nitrogen and oxygen atoms in total. The van der Waals surface area contributed by atoms with Crippen molar-refractivity contribution in [2.24, 2.45) is 5.92 Å². The second-order valence-corrected chi connectivity index (χ2v) is 9.27. The van der Waals surface area contributed by atoms with Gasteiger partial charge in [0, 0.05) is 10.6 Å². The molecule has 2 aromatic heterocycles. The van der Waals surface area contributed by atoms with Crippen molar-refractivity contribution < 1.29 is 9.42 Å². The number of hydrogen-bond donors (Lipinski definition) is 3. The Morgan fingerprint density at radius 3 is 2.51 bits per heavy atom. The van der Waals surface area contributed by atoms with E-state index >= 15 is 0 Å². The van der Waals surface area contributed by atoms with Crippen LogP contribution in [0, 0.1) is 5.92 Å². The molecule has 1 amide bonds. The number of anilines is 1. The van der Waals surface area contributed by atoms with Crippen molar-refractivity contribution in [2.45, 2.75) is 30.9 Å². The van der Waals surface area contributed by atoms with E-state index in [1.54, 1.807) is 0 Å². The van der Waals surface area contributed by atoms with Crippen molar-refractivity contribution in [2.75, 3.05) is 5.73 Å². The van der Waals surface area contributed by atoms with Crippen LogP contribution in [-0.4, -0.2) is 31.2 Å². The van der Waals surface area contributed by atoms with Crippen LogP contribution in [0.4, 0.5) is 5.82 Å². The molecule has 2 aromatic carbocycles. The first kappa shape index (κ1) is 24.0. The average Bonchev–Trinajstić information content (AvgIpc) is 3.47. The summed E-state index contributed by atoms with van der Waals surface area (Å²) in [6, 6.07) is 17.8. The van der Waals surface area contributed by atoms with Gasteiger partial charge in [-0.05, 0) is 45.9 Å². The lowest BCUT2D eigenvalue weighted by atomic mass is 10.0. The number of nitrogens with two attached hydrogens (primary N) is 1. The van der Waals surface area contributed by atoms with Crippen LogP contribution in [-0.2, 0) is 12.2 Å². The smallest absolute Gasteiger partial charge is 0.292 e. The summed E-state index contributed by atoms with van der Waals surface area (Å²) in [5.41, 5.74) is 14.6. The molecule has 4 rings (SSSR count). The average molecular weight is 491 g/mol. The Balaban J connectivity index is 1.49. The number of nitrogen functional groups attached to an aromatic ring is 1. The quantitative estimate of drug-likeness (QED) is 0.225. The number of benzene rings is 2. The van der Waals surface area contributed by atoms with Gasteiger partial charge in [-0.3, -0.25) is 15.6 Å². The topological polar surface area (TPSA) is 137 Å². The van der Waals surface area contributed by atoms with Crippen molar-refractivity contribution in [3.05, 3.63) is 83.7 Å². The van der Waals surface area contributed by atoms with E-state index in [2.05, 4.69) is 64.0 Å². The van der Waals surface area contributed by atoms with Gasteiger partial charge in [0.2, 0.25) is 11.6 Å². The molecule has 11 heteroatoms. The maximum atomic E-state index is 13.0. The minimum Gasteiger partial charge on any atom is -0.378 e. The lowest BCUT2D eigenvalue weighted by Gasteiger charge is -2.12. The predicted octanol–water partition coefficient (Wildman–Crippen LogP) is 3.63. The lowest BCUT2D eigenvalue weighted by molar-refractivity contribution is 0.0936. The van der Waals surface area contributed by atoms with Gasteiger partial charge in [0.15, 0.2) is 5.69 Å². The Kier molecular flexibility index (Phi) is 7.46. The highest BCUT2D eigenvalue weighted by Crippen LogP contribution is 2.26. The molecular weight excluding hydrogens is 464 g/mol. The number of rotatable bonds is 10. The summed E-state index contributed by atoms with van der Waals surface area (Å²) >= 11 is 1.52. The molecule has 0 bridgehead atoms. The van der Waals surface area contributed by atoms with Gasteiger partial charge >= 0.3 is 0 Å². The molecule has 0 aliphatic carbocycles. The SMILES string of the molecule is C=C(NNC(=O)c1nnn(-c2nonc2N)c1CSc1ccccc1)c1ccc(CC(C)C)cc1. The van der Waals surface area contributed by atoms with E-state index in [-0.39, 0.29) is 17.3 Å². The van der Waals surface area contributed by atoms with Gasteiger partial charge in [-0.15, -0.1) is 16.9 Å². The number of carbonyl (C=O) groups is 1. The third-order valence-electron chi connectivity index (χ3n) is 5.07. The molecule has 0 spiro atoms. The summed E-state index contributed by atoms with van der Waals surface area (Å²) in [6.45, 7) is 8.38. The fraction of sp³-hybridized carbons (Fsp3) is 0.208. The summed E-state index contributed by atoms with van der Waals surface area (Å²) in [5.74, 6) is 0.684. The first-order valence-electron chi connectivity index (χ1n) is 11.0. The van der Waals surface area contributed by atoms with Crippen LogP contribution in [0.25, 0.3) is 11.5 Å². The number of hydrazine groups is 1. The van der Waals surface area contributed by atoms with E-state index in [1.165, 1.54) is 22.0 Å². The highest BCUT2D eigenvalue weighted by Gasteiger charge is 2.24. The molecule has 0 radical (unpaired) electrons. The van der Waals surface area contributed by atoms with E-state index < -0.39 is 5.91 Å². The van der Waals surface area contributed by atoms with Crippen LogP contribution >= 0.6 is 11.8 Å². The number of hydrogen-bond acceptors (Lipinski definition) is 9. The standard InChI is InChI=1S/C24H26N8O2S/c1-15(2)13-17-9-11-18(12-10-17)16(3)26-28-24(33)21-20(14-35-19-7-5-4-6-8-19)32(31-27-21)23-22(25)29-34-30-23/h4-12,15,26H,3,13-14H2,1-2H3,(H2,25,29)(H,28,33). The zero-order chi connectivity index (χ0) is 24.8. The summed E-state index contributed by atoms with van der Waals surface area (Å²) < 4.78 is 6.06. The van der Waals surface area contributed by atoms with Crippen LogP contribution in [0.5, 0.6) is 0 Å². The van der Waals surface area contributed by atoms with Crippen LogP contribution in [0.3, 0.4) is 0 Å². The van der Waals surface area contributed by atoms with E-state index in [1.807, 2.05) is 42.5 Å². The second-order valence-electron chi connectivity index (χ2n) is 8.22. The fourth-order valence-corrected chi connectivity index (χ4v) is 4.27. The Morgan fingerprint density at radius 1 is 1.11 bits per heavy atom. The van der Waals surface area contributed by atoms with Crippen molar-refractivity contribution in [1.82, 2.24) is 36.2 Å². The summed E-state index contributed by atoms with van der Waals surface area (Å²) in [4.78, 5) is 14.0. The summed E-state index contributed by atoms with van der Waals surface area (Å²) in [6.07, 6.45) is 1.00. The highest BCUT2D eigenvalue weighted by atomic mass is 32.2. The third kappa shape index (κ3) is 5.87. The normalized spacial score (nSPS) is 10.9. The van der Waals surface area contributed by atoms with Crippen molar-refractivity contribution in [3.63, 3.8) is 0 Å². The molecule has 180 valence electrons. The molecular formula is C24H26N8O2S. The molecule has 2 heterocycles. The van der Waals surface area contributed by atoms with Crippen LogP contribution in [0.2, 0.25) is 0 Å². The number of nitrogens with zero attached hydrogens (tertiary/aromatic N) is 5. The van der Waals surface area contributed by atoms with Crippen molar-refractivity contribution in [1.29, 1.82) is 0 Å². The van der Waals surface area contributed by atoms with Crippen LogP contribution < -0.4 is 16.6 Å². The summed E-state index contributed by atoms with van der Waals surface area (Å²) in [7, 11) is 0. The molecule has 0 aliphatic heterocycles. The number of nitrogens with one attached hydrogen (secondary N) is 2. The van der Waals surface area contributed by atoms with Crippen molar-refractivity contribution in [3.8, 4) is 5.82 Å².